The molecule has 0 bridgehead atoms. The molecule has 0 spiro atoms. The number of nitrogens with zero attached hydrogens (tertiary/aromatic N) is 4. The number of aromatic nitrogens is 1. The van der Waals surface area contributed by atoms with Crippen LogP contribution in [0.1, 0.15) is 12.6 Å². The van der Waals surface area contributed by atoms with E-state index < -0.39 is 0 Å². The second kappa shape index (κ2) is 7.77. The lowest BCUT2D eigenvalue weighted by molar-refractivity contribution is -0.136. The largest absolute Gasteiger partial charge is 0.368 e. The Kier molecular flexibility index (Phi) is 5.48. The van der Waals surface area contributed by atoms with Crippen molar-refractivity contribution in [3.8, 4) is 0 Å². The molecule has 1 fully saturated rings. The van der Waals surface area contributed by atoms with Gasteiger partial charge in [0.25, 0.3) is 0 Å². The SMILES string of the molecule is C[C@H](C(=O)N1CCN(c2ccccc2)CC1)N(C)Cc1cscn1. The number of hydrogen-bond acceptors (Lipinski definition) is 5. The van der Waals surface area contributed by atoms with Crippen molar-refractivity contribution >= 4 is 22.9 Å². The van der Waals surface area contributed by atoms with Crippen LogP contribution in [0.3, 0.4) is 0 Å². The first-order chi connectivity index (χ1) is 11.6. The highest BCUT2D eigenvalue weighted by atomic mass is 32.1. The van der Waals surface area contributed by atoms with Crippen LogP contribution in [-0.2, 0) is 11.3 Å². The first kappa shape index (κ1) is 16.9. The van der Waals surface area contributed by atoms with Crippen LogP contribution in [-0.4, -0.2) is 60.0 Å². The zero-order valence-electron chi connectivity index (χ0n) is 14.3. The zero-order chi connectivity index (χ0) is 16.9. The van der Waals surface area contributed by atoms with E-state index in [2.05, 4.69) is 39.0 Å². The number of para-hydroxylation sites is 1. The number of hydrogen-bond donors (Lipinski definition) is 0. The van der Waals surface area contributed by atoms with Crippen molar-refractivity contribution in [3.05, 3.63) is 46.9 Å². The monoisotopic (exact) mass is 344 g/mol. The minimum absolute atomic E-state index is 0.130. The first-order valence-electron chi connectivity index (χ1n) is 8.31. The van der Waals surface area contributed by atoms with Gasteiger partial charge < -0.3 is 9.80 Å². The Morgan fingerprint density at radius 3 is 2.58 bits per heavy atom. The number of carbonyl (C=O) groups is 1. The van der Waals surface area contributed by atoms with E-state index in [-0.39, 0.29) is 11.9 Å². The summed E-state index contributed by atoms with van der Waals surface area (Å²) in [5.74, 6) is 0.209. The Hall–Kier alpha value is -1.92. The Bertz CT molecular complexity index is 638. The maximum absolute atomic E-state index is 12.8. The molecule has 1 aromatic carbocycles. The second-order valence-electron chi connectivity index (χ2n) is 6.22. The average Bonchev–Trinajstić information content (AvgIpc) is 3.14. The van der Waals surface area contributed by atoms with Crippen LogP contribution in [0.2, 0.25) is 0 Å². The highest BCUT2D eigenvalue weighted by Crippen LogP contribution is 2.17. The van der Waals surface area contributed by atoms with E-state index >= 15 is 0 Å². The van der Waals surface area contributed by atoms with Crippen LogP contribution in [0, 0.1) is 0 Å². The molecule has 0 unspecified atom stereocenters. The van der Waals surface area contributed by atoms with Crippen molar-refractivity contribution < 1.29 is 4.79 Å². The average molecular weight is 344 g/mol. The van der Waals surface area contributed by atoms with Crippen LogP contribution >= 0.6 is 11.3 Å². The molecule has 24 heavy (non-hydrogen) atoms. The molecule has 1 aromatic heterocycles. The maximum Gasteiger partial charge on any atom is 0.239 e. The normalized spacial score (nSPS) is 16.5. The predicted octanol–water partition coefficient (Wildman–Crippen LogP) is 2.31. The number of benzene rings is 1. The van der Waals surface area contributed by atoms with Crippen molar-refractivity contribution in [2.75, 3.05) is 38.1 Å². The van der Waals surface area contributed by atoms with E-state index in [0.717, 1.165) is 31.9 Å². The van der Waals surface area contributed by atoms with Gasteiger partial charge in [0.1, 0.15) is 0 Å². The molecule has 0 N–H and O–H groups in total. The summed E-state index contributed by atoms with van der Waals surface area (Å²) in [6, 6.07) is 10.3. The molecule has 128 valence electrons. The highest BCUT2D eigenvalue weighted by molar-refractivity contribution is 7.07. The molecule has 2 aromatic rings. The van der Waals surface area contributed by atoms with Gasteiger partial charge in [-0.15, -0.1) is 11.3 Å². The van der Waals surface area contributed by atoms with Gasteiger partial charge in [0.2, 0.25) is 5.91 Å². The Morgan fingerprint density at radius 2 is 1.96 bits per heavy atom. The highest BCUT2D eigenvalue weighted by Gasteiger charge is 2.27. The Labute approximate surface area is 147 Å². The van der Waals surface area contributed by atoms with Crippen molar-refractivity contribution in [3.63, 3.8) is 0 Å². The van der Waals surface area contributed by atoms with Crippen molar-refractivity contribution in [2.24, 2.45) is 0 Å². The van der Waals surface area contributed by atoms with E-state index in [1.54, 1.807) is 11.3 Å². The first-order valence-corrected chi connectivity index (χ1v) is 9.25. The molecule has 0 aliphatic carbocycles. The number of amides is 1. The van der Waals surface area contributed by atoms with E-state index in [9.17, 15) is 4.79 Å². The van der Waals surface area contributed by atoms with Gasteiger partial charge in [-0.3, -0.25) is 9.69 Å². The number of anilines is 1. The van der Waals surface area contributed by atoms with Gasteiger partial charge >= 0.3 is 0 Å². The van der Waals surface area contributed by atoms with Gasteiger partial charge in [-0.1, -0.05) is 18.2 Å². The standard InChI is InChI=1S/C18H24N4OS/c1-15(20(2)12-16-13-24-14-19-16)18(23)22-10-8-21(9-11-22)17-6-4-3-5-7-17/h3-7,13-15H,8-12H2,1-2H3/t15-/m1/s1. The summed E-state index contributed by atoms with van der Waals surface area (Å²) < 4.78 is 0. The Balaban J connectivity index is 1.52. The number of thiazole rings is 1. The molecule has 1 aliphatic rings. The van der Waals surface area contributed by atoms with Crippen molar-refractivity contribution in [1.29, 1.82) is 0 Å². The summed E-state index contributed by atoms with van der Waals surface area (Å²) in [6.45, 7) is 6.03. The molecular formula is C18H24N4OS. The molecule has 2 heterocycles. The molecular weight excluding hydrogens is 320 g/mol. The van der Waals surface area contributed by atoms with Crippen molar-refractivity contribution in [1.82, 2.24) is 14.8 Å². The fourth-order valence-electron chi connectivity index (χ4n) is 2.98. The molecule has 6 heteroatoms. The smallest absolute Gasteiger partial charge is 0.239 e. The molecule has 1 amide bonds. The van der Waals surface area contributed by atoms with Gasteiger partial charge in [-0.05, 0) is 26.1 Å². The molecule has 5 nitrogen and oxygen atoms in total. The summed E-state index contributed by atoms with van der Waals surface area (Å²) in [5, 5.41) is 2.03. The van der Waals surface area contributed by atoms with Crippen LogP contribution in [0.4, 0.5) is 5.69 Å². The van der Waals surface area contributed by atoms with Gasteiger partial charge in [-0.25, -0.2) is 4.98 Å². The fourth-order valence-corrected chi connectivity index (χ4v) is 3.53. The molecule has 1 saturated heterocycles. The van der Waals surface area contributed by atoms with Crippen LogP contribution < -0.4 is 4.90 Å². The van der Waals surface area contributed by atoms with Crippen LogP contribution in [0.15, 0.2) is 41.2 Å². The molecule has 3 rings (SSSR count). The van der Waals surface area contributed by atoms with E-state index in [1.165, 1.54) is 5.69 Å². The minimum Gasteiger partial charge on any atom is -0.368 e. The summed E-state index contributed by atoms with van der Waals surface area (Å²) in [7, 11) is 1.99. The Morgan fingerprint density at radius 1 is 1.25 bits per heavy atom. The predicted molar refractivity (Wildman–Crippen MR) is 98.3 cm³/mol. The number of piperazine rings is 1. The van der Waals surface area contributed by atoms with Gasteiger partial charge in [0.15, 0.2) is 0 Å². The number of carbonyl (C=O) groups excluding carboxylic acids is 1. The lowest BCUT2D eigenvalue weighted by Crippen LogP contribution is -2.53. The molecule has 1 aliphatic heterocycles. The van der Waals surface area contributed by atoms with Gasteiger partial charge in [0.05, 0.1) is 17.2 Å². The van der Waals surface area contributed by atoms with Gasteiger partial charge in [-0.2, -0.15) is 0 Å². The third-order valence-corrected chi connectivity index (χ3v) is 5.26. The van der Waals surface area contributed by atoms with E-state index in [1.807, 2.05) is 35.8 Å². The van der Waals surface area contributed by atoms with Crippen LogP contribution in [0.5, 0.6) is 0 Å². The maximum atomic E-state index is 12.8. The van der Waals surface area contributed by atoms with E-state index in [0.29, 0.717) is 6.54 Å². The third kappa shape index (κ3) is 3.94. The van der Waals surface area contributed by atoms with Gasteiger partial charge in [0, 0.05) is 43.8 Å². The summed E-state index contributed by atoms with van der Waals surface area (Å²) in [5.41, 5.74) is 4.09. The van der Waals surface area contributed by atoms with Crippen LogP contribution in [0.25, 0.3) is 0 Å². The fraction of sp³-hybridized carbons (Fsp3) is 0.444. The van der Waals surface area contributed by atoms with E-state index in [4.69, 9.17) is 0 Å². The minimum atomic E-state index is -0.130. The molecule has 1 atom stereocenters. The summed E-state index contributed by atoms with van der Waals surface area (Å²) >= 11 is 1.59. The summed E-state index contributed by atoms with van der Waals surface area (Å²) in [6.07, 6.45) is 0. The number of likely N-dealkylation sites (N-methyl/N-ethyl adjacent to an activating group) is 1. The quantitative estimate of drug-likeness (QED) is 0.834. The summed E-state index contributed by atoms with van der Waals surface area (Å²) in [4.78, 5) is 23.5. The third-order valence-electron chi connectivity index (χ3n) is 4.63. The topological polar surface area (TPSA) is 39.7 Å². The lowest BCUT2D eigenvalue weighted by atomic mass is 10.2. The second-order valence-corrected chi connectivity index (χ2v) is 6.94. The van der Waals surface area contributed by atoms with Crippen molar-refractivity contribution in [2.45, 2.75) is 19.5 Å². The molecule has 0 saturated carbocycles. The lowest BCUT2D eigenvalue weighted by Gasteiger charge is -2.38. The molecule has 0 radical (unpaired) electrons. The zero-order valence-corrected chi connectivity index (χ0v) is 15.1. The number of rotatable bonds is 5.